The van der Waals surface area contributed by atoms with Crippen LogP contribution in [-0.4, -0.2) is 48.3 Å². The van der Waals surface area contributed by atoms with E-state index in [2.05, 4.69) is 6.58 Å². The molecule has 27 heavy (non-hydrogen) atoms. The minimum Gasteiger partial charge on any atom is -0.461 e. The van der Waals surface area contributed by atoms with E-state index in [0.29, 0.717) is 5.57 Å². The zero-order valence-corrected chi connectivity index (χ0v) is 16.0. The van der Waals surface area contributed by atoms with E-state index in [1.54, 1.807) is 20.8 Å². The lowest BCUT2D eigenvalue weighted by molar-refractivity contribution is -0.200. The number of carbonyl (C=O) groups is 3. The first-order valence-corrected chi connectivity index (χ1v) is 8.76. The van der Waals surface area contributed by atoms with Crippen LogP contribution in [-0.2, 0) is 19.1 Å². The molecule has 9 heteroatoms. The Balaban J connectivity index is 3.06. The predicted molar refractivity (Wildman–Crippen MR) is 90.5 cm³/mol. The fraction of sp³-hybridized carbons (Fsp3) is 0.722. The van der Waals surface area contributed by atoms with Crippen LogP contribution in [0.15, 0.2) is 12.2 Å². The first kappa shape index (κ1) is 23.0. The van der Waals surface area contributed by atoms with Crippen LogP contribution in [0.1, 0.15) is 40.5 Å². The maximum absolute atomic E-state index is 13.6. The van der Waals surface area contributed by atoms with Crippen LogP contribution in [0.3, 0.4) is 0 Å². The van der Waals surface area contributed by atoms with E-state index < -0.39 is 48.4 Å². The fourth-order valence-electron chi connectivity index (χ4n) is 2.92. The van der Waals surface area contributed by atoms with Crippen LogP contribution >= 0.6 is 0 Å². The molecule has 0 spiro atoms. The summed E-state index contributed by atoms with van der Waals surface area (Å²) in [7, 11) is 0. The second-order valence-corrected chi connectivity index (χ2v) is 7.08. The Hall–Kier alpha value is -2.06. The summed E-state index contributed by atoms with van der Waals surface area (Å²) < 4.78 is 50.4. The van der Waals surface area contributed by atoms with Gasteiger partial charge in [0.2, 0.25) is 5.91 Å². The number of alkyl halides is 3. The summed E-state index contributed by atoms with van der Waals surface area (Å²) in [6, 6.07) is -0.636. The number of ether oxygens (including phenoxy) is 2. The maximum atomic E-state index is 13.6. The molecule has 1 rings (SSSR count). The van der Waals surface area contributed by atoms with Crippen LogP contribution in [0.4, 0.5) is 18.0 Å². The number of esters is 1. The highest BCUT2D eigenvalue weighted by Crippen LogP contribution is 2.38. The SMILES string of the molecule is C=C(C)COC(=O)C[C@H]([C@@H](CC)C(=O)N1C(=O)OC[C@@H]1C(C)C)C(F)(F)F. The fourth-order valence-corrected chi connectivity index (χ4v) is 2.92. The van der Waals surface area contributed by atoms with Gasteiger partial charge in [0.25, 0.3) is 0 Å². The number of halogens is 3. The summed E-state index contributed by atoms with van der Waals surface area (Å²) in [5.74, 6) is -6.07. The lowest BCUT2D eigenvalue weighted by atomic mass is 9.85. The standard InChI is InChI=1S/C18H26F3NO5/c1-6-12(16(24)22-14(11(4)5)9-27-17(22)25)13(18(19,20)21)7-15(23)26-8-10(2)3/h11-14H,2,6-9H2,1,3-5H3/t12-,13-,14-/m1/s1. The quantitative estimate of drug-likeness (QED) is 0.464. The molecule has 1 saturated heterocycles. The zero-order valence-electron chi connectivity index (χ0n) is 16.0. The van der Waals surface area contributed by atoms with Gasteiger partial charge in [-0.05, 0) is 24.8 Å². The van der Waals surface area contributed by atoms with Crippen LogP contribution in [0.2, 0.25) is 0 Å². The van der Waals surface area contributed by atoms with Gasteiger partial charge in [0.05, 0.1) is 24.3 Å². The van der Waals surface area contributed by atoms with Gasteiger partial charge in [0.15, 0.2) is 0 Å². The molecule has 1 heterocycles. The third-order valence-corrected chi connectivity index (χ3v) is 4.44. The summed E-state index contributed by atoms with van der Waals surface area (Å²) in [5, 5.41) is 0. The van der Waals surface area contributed by atoms with E-state index in [-0.39, 0.29) is 25.6 Å². The van der Waals surface area contributed by atoms with Crippen molar-refractivity contribution in [3.05, 3.63) is 12.2 Å². The number of carbonyl (C=O) groups excluding carboxylic acids is 3. The van der Waals surface area contributed by atoms with Crippen molar-refractivity contribution in [3.63, 3.8) is 0 Å². The Labute approximate surface area is 156 Å². The molecule has 6 nitrogen and oxygen atoms in total. The van der Waals surface area contributed by atoms with E-state index in [0.717, 1.165) is 4.90 Å². The maximum Gasteiger partial charge on any atom is 0.416 e. The largest absolute Gasteiger partial charge is 0.461 e. The molecule has 0 aliphatic carbocycles. The van der Waals surface area contributed by atoms with E-state index in [1.165, 1.54) is 6.92 Å². The van der Waals surface area contributed by atoms with Crippen molar-refractivity contribution in [2.75, 3.05) is 13.2 Å². The molecule has 2 amide bonds. The van der Waals surface area contributed by atoms with Crippen molar-refractivity contribution in [2.45, 2.75) is 52.8 Å². The molecule has 0 aromatic rings. The van der Waals surface area contributed by atoms with E-state index in [1.807, 2.05) is 0 Å². The molecule has 0 bridgehead atoms. The molecule has 1 fully saturated rings. The van der Waals surface area contributed by atoms with Gasteiger partial charge in [-0.15, -0.1) is 0 Å². The van der Waals surface area contributed by atoms with Crippen molar-refractivity contribution in [3.8, 4) is 0 Å². The minimum absolute atomic E-state index is 0.0595. The number of nitrogens with zero attached hydrogens (tertiary/aromatic N) is 1. The molecular weight excluding hydrogens is 367 g/mol. The molecule has 154 valence electrons. The second kappa shape index (κ2) is 9.23. The third-order valence-electron chi connectivity index (χ3n) is 4.44. The van der Waals surface area contributed by atoms with Gasteiger partial charge in [-0.25, -0.2) is 9.69 Å². The number of cyclic esters (lactones) is 1. The number of hydrogen-bond acceptors (Lipinski definition) is 5. The topological polar surface area (TPSA) is 72.9 Å². The molecule has 1 aliphatic rings. The molecule has 3 atom stereocenters. The van der Waals surface area contributed by atoms with Crippen molar-refractivity contribution >= 4 is 18.0 Å². The monoisotopic (exact) mass is 393 g/mol. The molecular formula is C18H26F3NO5. The Morgan fingerprint density at radius 3 is 2.41 bits per heavy atom. The van der Waals surface area contributed by atoms with Crippen molar-refractivity contribution in [1.82, 2.24) is 4.90 Å². The highest BCUT2D eigenvalue weighted by atomic mass is 19.4. The van der Waals surface area contributed by atoms with Gasteiger partial charge in [0, 0.05) is 0 Å². The van der Waals surface area contributed by atoms with Crippen molar-refractivity contribution in [1.29, 1.82) is 0 Å². The van der Waals surface area contributed by atoms with Gasteiger partial charge in [-0.1, -0.05) is 27.4 Å². The van der Waals surface area contributed by atoms with E-state index in [4.69, 9.17) is 9.47 Å². The van der Waals surface area contributed by atoms with Gasteiger partial charge < -0.3 is 9.47 Å². The predicted octanol–water partition coefficient (Wildman–Crippen LogP) is 3.70. The molecule has 0 unspecified atom stereocenters. The average Bonchev–Trinajstić information content (AvgIpc) is 2.93. The smallest absolute Gasteiger partial charge is 0.416 e. The average molecular weight is 393 g/mol. The van der Waals surface area contributed by atoms with Crippen molar-refractivity contribution < 1.29 is 37.0 Å². The Morgan fingerprint density at radius 2 is 1.96 bits per heavy atom. The summed E-state index contributed by atoms with van der Waals surface area (Å²) >= 11 is 0. The summed E-state index contributed by atoms with van der Waals surface area (Å²) in [4.78, 5) is 37.3. The van der Waals surface area contributed by atoms with E-state index >= 15 is 0 Å². The first-order valence-electron chi connectivity index (χ1n) is 8.76. The third kappa shape index (κ3) is 5.97. The Kier molecular flexibility index (Phi) is 7.86. The molecule has 0 radical (unpaired) electrons. The van der Waals surface area contributed by atoms with Gasteiger partial charge in [-0.3, -0.25) is 9.59 Å². The normalized spacial score (nSPS) is 19.6. The lowest BCUT2D eigenvalue weighted by Gasteiger charge is -2.31. The number of amides is 2. The minimum atomic E-state index is -4.81. The molecule has 0 aromatic heterocycles. The van der Waals surface area contributed by atoms with Crippen LogP contribution < -0.4 is 0 Å². The molecule has 0 N–H and O–H groups in total. The Bertz CT molecular complexity index is 588. The highest BCUT2D eigenvalue weighted by Gasteiger charge is 2.51. The number of rotatable bonds is 8. The van der Waals surface area contributed by atoms with Crippen LogP contribution in [0.25, 0.3) is 0 Å². The number of imide groups is 1. The summed E-state index contributed by atoms with van der Waals surface area (Å²) in [5.41, 5.74) is 0.481. The highest BCUT2D eigenvalue weighted by molar-refractivity contribution is 5.95. The Morgan fingerprint density at radius 1 is 1.37 bits per heavy atom. The molecule has 0 aromatic carbocycles. The van der Waals surface area contributed by atoms with Gasteiger partial charge >= 0.3 is 18.2 Å². The van der Waals surface area contributed by atoms with Crippen LogP contribution in [0, 0.1) is 17.8 Å². The second-order valence-electron chi connectivity index (χ2n) is 7.08. The summed E-state index contributed by atoms with van der Waals surface area (Å²) in [6.07, 6.45) is -6.96. The molecule has 1 aliphatic heterocycles. The summed E-state index contributed by atoms with van der Waals surface area (Å²) in [6.45, 7) is 9.71. The molecule has 0 saturated carbocycles. The lowest BCUT2D eigenvalue weighted by Crippen LogP contribution is -2.48. The first-order chi connectivity index (χ1) is 12.4. The van der Waals surface area contributed by atoms with E-state index in [9.17, 15) is 27.6 Å². The number of hydrogen-bond donors (Lipinski definition) is 0. The van der Waals surface area contributed by atoms with Crippen LogP contribution in [0.5, 0.6) is 0 Å². The van der Waals surface area contributed by atoms with Crippen molar-refractivity contribution in [2.24, 2.45) is 17.8 Å². The van der Waals surface area contributed by atoms with Gasteiger partial charge in [-0.2, -0.15) is 13.2 Å². The van der Waals surface area contributed by atoms with Gasteiger partial charge in [0.1, 0.15) is 13.2 Å². The zero-order chi connectivity index (χ0) is 20.9.